The number of nitrogens with zero attached hydrogens (tertiary/aromatic N) is 2. The zero-order chi connectivity index (χ0) is 16.3. The summed E-state index contributed by atoms with van der Waals surface area (Å²) in [6, 6.07) is 11.9. The predicted molar refractivity (Wildman–Crippen MR) is 89.7 cm³/mol. The second-order valence-electron chi connectivity index (χ2n) is 6.07. The Morgan fingerprint density at radius 2 is 2.09 bits per heavy atom. The summed E-state index contributed by atoms with van der Waals surface area (Å²) in [4.78, 5) is 2.21. The maximum absolute atomic E-state index is 11.7. The summed E-state index contributed by atoms with van der Waals surface area (Å²) in [7, 11) is -2.88. The molecule has 1 aliphatic heterocycles. The first-order chi connectivity index (χ1) is 11.1. The van der Waals surface area contributed by atoms with E-state index in [-0.39, 0.29) is 11.8 Å². The highest BCUT2D eigenvalue weighted by Gasteiger charge is 2.32. The van der Waals surface area contributed by atoms with Crippen molar-refractivity contribution < 1.29 is 12.9 Å². The highest BCUT2D eigenvalue weighted by atomic mass is 32.2. The van der Waals surface area contributed by atoms with Crippen molar-refractivity contribution >= 4 is 9.84 Å². The Bertz CT molecular complexity index is 740. The van der Waals surface area contributed by atoms with Gasteiger partial charge < -0.3 is 4.52 Å². The average Bonchev–Trinajstić information content (AvgIpc) is 3.14. The SMILES string of the molecule is CCCN(Cc1cc(-c2ccccc2)no1)C1CCS(=O)(=O)C1. The van der Waals surface area contributed by atoms with Gasteiger partial charge in [0.2, 0.25) is 0 Å². The van der Waals surface area contributed by atoms with Crippen molar-refractivity contribution in [3.8, 4) is 11.3 Å². The third kappa shape index (κ3) is 4.00. The maximum atomic E-state index is 11.7. The molecule has 0 bridgehead atoms. The molecule has 1 fully saturated rings. The van der Waals surface area contributed by atoms with Crippen LogP contribution in [-0.2, 0) is 16.4 Å². The highest BCUT2D eigenvalue weighted by molar-refractivity contribution is 7.91. The van der Waals surface area contributed by atoms with Crippen molar-refractivity contribution in [3.63, 3.8) is 0 Å². The zero-order valence-electron chi connectivity index (χ0n) is 13.3. The first kappa shape index (κ1) is 16.2. The van der Waals surface area contributed by atoms with E-state index in [4.69, 9.17) is 4.52 Å². The van der Waals surface area contributed by atoms with Crippen LogP contribution in [0.1, 0.15) is 25.5 Å². The van der Waals surface area contributed by atoms with Crippen LogP contribution in [0.3, 0.4) is 0 Å². The molecule has 0 amide bonds. The Balaban J connectivity index is 1.72. The van der Waals surface area contributed by atoms with Crippen LogP contribution in [-0.4, -0.2) is 42.6 Å². The number of hydrogen-bond donors (Lipinski definition) is 0. The minimum atomic E-state index is -2.88. The largest absolute Gasteiger partial charge is 0.359 e. The summed E-state index contributed by atoms with van der Waals surface area (Å²) < 4.78 is 28.9. The number of hydrogen-bond acceptors (Lipinski definition) is 5. The van der Waals surface area contributed by atoms with Gasteiger partial charge in [-0.05, 0) is 19.4 Å². The molecule has 6 heteroatoms. The Morgan fingerprint density at radius 1 is 1.30 bits per heavy atom. The van der Waals surface area contributed by atoms with Gasteiger partial charge in [-0.25, -0.2) is 8.42 Å². The average molecular weight is 334 g/mol. The molecule has 0 saturated carbocycles. The molecule has 2 heterocycles. The van der Waals surface area contributed by atoms with Crippen molar-refractivity contribution in [1.82, 2.24) is 10.1 Å². The summed E-state index contributed by atoms with van der Waals surface area (Å²) in [5, 5.41) is 4.13. The molecule has 1 aliphatic rings. The second-order valence-corrected chi connectivity index (χ2v) is 8.30. The first-order valence-corrected chi connectivity index (χ1v) is 9.85. The summed E-state index contributed by atoms with van der Waals surface area (Å²) in [6.45, 7) is 3.57. The molecule has 1 aromatic heterocycles. The lowest BCUT2D eigenvalue weighted by Gasteiger charge is -2.26. The van der Waals surface area contributed by atoms with Crippen molar-refractivity contribution in [2.24, 2.45) is 0 Å². The topological polar surface area (TPSA) is 63.4 Å². The molecule has 23 heavy (non-hydrogen) atoms. The molecule has 0 N–H and O–H groups in total. The molecule has 2 aromatic rings. The number of rotatable bonds is 6. The fourth-order valence-corrected chi connectivity index (χ4v) is 4.84. The van der Waals surface area contributed by atoms with Gasteiger partial charge in [0, 0.05) is 17.7 Å². The van der Waals surface area contributed by atoms with E-state index in [1.54, 1.807) is 0 Å². The maximum Gasteiger partial charge on any atom is 0.151 e. The first-order valence-electron chi connectivity index (χ1n) is 8.03. The molecule has 1 saturated heterocycles. The van der Waals surface area contributed by atoms with Crippen molar-refractivity contribution in [3.05, 3.63) is 42.2 Å². The lowest BCUT2D eigenvalue weighted by Crippen LogP contribution is -2.36. The predicted octanol–water partition coefficient (Wildman–Crippen LogP) is 2.74. The van der Waals surface area contributed by atoms with Gasteiger partial charge in [-0.15, -0.1) is 0 Å². The minimum absolute atomic E-state index is 0.0882. The molecular weight excluding hydrogens is 312 g/mol. The Kier molecular flexibility index (Phi) is 4.82. The van der Waals surface area contributed by atoms with E-state index < -0.39 is 9.84 Å². The van der Waals surface area contributed by atoms with E-state index >= 15 is 0 Å². The van der Waals surface area contributed by atoms with E-state index in [0.29, 0.717) is 18.7 Å². The smallest absolute Gasteiger partial charge is 0.151 e. The van der Waals surface area contributed by atoms with Crippen molar-refractivity contribution in [2.45, 2.75) is 32.4 Å². The van der Waals surface area contributed by atoms with Crippen LogP contribution in [0, 0.1) is 0 Å². The molecule has 3 rings (SSSR count). The lowest BCUT2D eigenvalue weighted by atomic mass is 10.1. The van der Waals surface area contributed by atoms with E-state index in [1.165, 1.54) is 0 Å². The standard InChI is InChI=1S/C17H22N2O3S/c1-2-9-19(15-8-10-23(20,21)13-15)12-16-11-17(18-22-16)14-6-4-3-5-7-14/h3-7,11,15H,2,8-10,12-13H2,1H3. The monoisotopic (exact) mass is 334 g/mol. The van der Waals surface area contributed by atoms with Crippen LogP contribution in [0.2, 0.25) is 0 Å². The van der Waals surface area contributed by atoms with Crippen LogP contribution in [0.15, 0.2) is 40.9 Å². The van der Waals surface area contributed by atoms with Crippen LogP contribution >= 0.6 is 0 Å². The summed E-state index contributed by atoms with van der Waals surface area (Å²) in [5.41, 5.74) is 1.84. The molecule has 5 nitrogen and oxygen atoms in total. The number of sulfone groups is 1. The van der Waals surface area contributed by atoms with Gasteiger partial charge in [-0.3, -0.25) is 4.90 Å². The lowest BCUT2D eigenvalue weighted by molar-refractivity contribution is 0.181. The van der Waals surface area contributed by atoms with Gasteiger partial charge in [-0.2, -0.15) is 0 Å². The normalized spacial score (nSPS) is 20.2. The molecule has 0 spiro atoms. The van der Waals surface area contributed by atoms with Crippen LogP contribution in [0.5, 0.6) is 0 Å². The summed E-state index contributed by atoms with van der Waals surface area (Å²) in [5.74, 6) is 1.33. The molecule has 1 unspecified atom stereocenters. The van der Waals surface area contributed by atoms with Gasteiger partial charge in [-0.1, -0.05) is 42.4 Å². The van der Waals surface area contributed by atoms with Gasteiger partial charge in [0.15, 0.2) is 15.6 Å². The second kappa shape index (κ2) is 6.84. The summed E-state index contributed by atoms with van der Waals surface area (Å²) in [6.07, 6.45) is 1.69. The molecule has 0 radical (unpaired) electrons. The van der Waals surface area contributed by atoms with Gasteiger partial charge in [0.1, 0.15) is 5.69 Å². The third-order valence-corrected chi connectivity index (χ3v) is 5.97. The molecule has 0 aliphatic carbocycles. The fraction of sp³-hybridized carbons (Fsp3) is 0.471. The molecular formula is C17H22N2O3S. The summed E-state index contributed by atoms with van der Waals surface area (Å²) >= 11 is 0. The molecule has 1 aromatic carbocycles. The van der Waals surface area contributed by atoms with Crippen molar-refractivity contribution in [2.75, 3.05) is 18.1 Å². The minimum Gasteiger partial charge on any atom is -0.359 e. The Morgan fingerprint density at radius 3 is 2.74 bits per heavy atom. The fourth-order valence-electron chi connectivity index (χ4n) is 3.07. The highest BCUT2D eigenvalue weighted by Crippen LogP contribution is 2.23. The molecule has 1 atom stereocenters. The van der Waals surface area contributed by atoms with E-state index in [0.717, 1.165) is 30.0 Å². The quantitative estimate of drug-likeness (QED) is 0.813. The van der Waals surface area contributed by atoms with Crippen LogP contribution in [0.4, 0.5) is 0 Å². The molecule has 124 valence electrons. The van der Waals surface area contributed by atoms with E-state index in [9.17, 15) is 8.42 Å². The number of aromatic nitrogens is 1. The van der Waals surface area contributed by atoms with E-state index in [1.807, 2.05) is 36.4 Å². The Labute approximate surface area is 137 Å². The van der Waals surface area contributed by atoms with E-state index in [2.05, 4.69) is 17.0 Å². The zero-order valence-corrected chi connectivity index (χ0v) is 14.1. The van der Waals surface area contributed by atoms with Crippen LogP contribution in [0.25, 0.3) is 11.3 Å². The number of benzene rings is 1. The third-order valence-electron chi connectivity index (χ3n) is 4.22. The van der Waals surface area contributed by atoms with Crippen molar-refractivity contribution in [1.29, 1.82) is 0 Å². The van der Waals surface area contributed by atoms with Crippen LogP contribution < -0.4 is 0 Å². The van der Waals surface area contributed by atoms with Gasteiger partial charge in [0.25, 0.3) is 0 Å². The van der Waals surface area contributed by atoms with Gasteiger partial charge in [0.05, 0.1) is 18.1 Å². The Hall–Kier alpha value is -1.66. The van der Waals surface area contributed by atoms with Gasteiger partial charge >= 0.3 is 0 Å².